The molecule has 3 amide bonds. The van der Waals surface area contributed by atoms with Gasteiger partial charge in [0.1, 0.15) is 29.8 Å². The lowest BCUT2D eigenvalue weighted by molar-refractivity contribution is -0.689. The average Bonchev–Trinajstić information content (AvgIpc) is 3.35. The van der Waals surface area contributed by atoms with Gasteiger partial charge in [0.05, 0.1) is 11.7 Å². The maximum absolute atomic E-state index is 13.0. The molecule has 2 aliphatic heterocycles. The van der Waals surface area contributed by atoms with E-state index in [4.69, 9.17) is 10.6 Å². The average molecular weight is 574 g/mol. The Morgan fingerprint density at radius 3 is 2.85 bits per heavy atom. The lowest BCUT2D eigenvalue weighted by atomic mass is 10.0. The zero-order chi connectivity index (χ0) is 28.1. The topological polar surface area (TPSA) is 183 Å². The van der Waals surface area contributed by atoms with Crippen molar-refractivity contribution in [2.75, 3.05) is 25.1 Å². The van der Waals surface area contributed by atoms with E-state index in [0.717, 1.165) is 29.1 Å². The largest absolute Gasteiger partial charge is 0.543 e. The number of β-lactam (4-membered cyclic amide) rings is 1. The summed E-state index contributed by atoms with van der Waals surface area (Å²) in [7, 11) is 1.27. The van der Waals surface area contributed by atoms with E-state index in [1.807, 2.05) is 6.92 Å². The number of hydrogen-bond donors (Lipinski definition) is 3. The molecule has 0 unspecified atom stereocenters. The van der Waals surface area contributed by atoms with E-state index in [2.05, 4.69) is 20.8 Å². The summed E-state index contributed by atoms with van der Waals surface area (Å²) < 4.78 is 1.68. The van der Waals surface area contributed by atoms with E-state index in [1.54, 1.807) is 29.1 Å². The molecule has 4 rings (SSSR count). The highest BCUT2D eigenvalue weighted by atomic mass is 32.2. The van der Waals surface area contributed by atoms with Crippen molar-refractivity contribution in [3.63, 3.8) is 0 Å². The molecular weight excluding hydrogens is 546 g/mol. The number of thiazole rings is 1. The minimum Gasteiger partial charge on any atom is -0.543 e. The van der Waals surface area contributed by atoms with Crippen molar-refractivity contribution in [3.8, 4) is 0 Å². The summed E-state index contributed by atoms with van der Waals surface area (Å²) in [6.07, 6.45) is 5.16. The number of anilines is 1. The number of thioether (sulfide) groups is 1. The normalized spacial score (nSPS) is 18.8. The standard InChI is InChI=1S/C24H27N7O6S2/c1-3-4-7-26-19(32)13-6-5-8-30(9-13)10-14-11-38-22-17(21(34)31(22)18(14)23(35)36)28-20(33)16(29-37-2)15-12-39-24(25)27-15/h5-6,8-9,12,17,22H,3-4,7,10-11H2,1-2H3,(H4-,25,26,27,28,32,33,35,36)/b29-16-/t17-,22-/m1/s1. The molecule has 1 fully saturated rings. The molecule has 0 radical (unpaired) electrons. The van der Waals surface area contributed by atoms with Gasteiger partial charge in [0.25, 0.3) is 17.7 Å². The van der Waals surface area contributed by atoms with Crippen molar-refractivity contribution in [1.82, 2.24) is 20.5 Å². The van der Waals surface area contributed by atoms with Crippen LogP contribution in [0, 0.1) is 0 Å². The van der Waals surface area contributed by atoms with Gasteiger partial charge < -0.3 is 31.1 Å². The first-order chi connectivity index (χ1) is 18.7. The molecule has 13 nitrogen and oxygen atoms in total. The molecule has 15 heteroatoms. The summed E-state index contributed by atoms with van der Waals surface area (Å²) in [5.41, 5.74) is 6.31. The van der Waals surface area contributed by atoms with Gasteiger partial charge in [-0.2, -0.15) is 0 Å². The van der Waals surface area contributed by atoms with E-state index in [0.29, 0.717) is 17.7 Å². The molecule has 2 atom stereocenters. The summed E-state index contributed by atoms with van der Waals surface area (Å²) >= 11 is 2.42. The maximum Gasteiger partial charge on any atom is 0.276 e. The van der Waals surface area contributed by atoms with Crippen molar-refractivity contribution in [2.45, 2.75) is 37.7 Å². The lowest BCUT2D eigenvalue weighted by Gasteiger charge is -2.50. The van der Waals surface area contributed by atoms with Gasteiger partial charge in [0, 0.05) is 29.3 Å². The fourth-order valence-electron chi connectivity index (χ4n) is 4.15. The van der Waals surface area contributed by atoms with Gasteiger partial charge in [0.15, 0.2) is 29.8 Å². The van der Waals surface area contributed by atoms with Crippen LogP contribution < -0.4 is 26.0 Å². The number of unbranched alkanes of at least 4 members (excludes halogenated alkanes) is 1. The second kappa shape index (κ2) is 12.3. The van der Waals surface area contributed by atoms with Gasteiger partial charge in [0.2, 0.25) is 0 Å². The van der Waals surface area contributed by atoms with Gasteiger partial charge in [-0.05, 0) is 12.5 Å². The highest BCUT2D eigenvalue weighted by Crippen LogP contribution is 2.40. The number of carbonyl (C=O) groups is 4. The van der Waals surface area contributed by atoms with Crippen LogP contribution in [0.5, 0.6) is 0 Å². The van der Waals surface area contributed by atoms with Crippen LogP contribution in [-0.4, -0.2) is 70.1 Å². The van der Waals surface area contributed by atoms with Gasteiger partial charge in [-0.1, -0.05) is 18.5 Å². The zero-order valence-electron chi connectivity index (χ0n) is 21.2. The van der Waals surface area contributed by atoms with E-state index < -0.39 is 29.2 Å². The minimum atomic E-state index is -1.50. The summed E-state index contributed by atoms with van der Waals surface area (Å²) in [6.45, 7) is 2.73. The zero-order valence-corrected chi connectivity index (χ0v) is 22.8. The molecular formula is C24H27N7O6S2. The Balaban J connectivity index is 1.49. The number of nitrogens with zero attached hydrogens (tertiary/aromatic N) is 4. The first-order valence-corrected chi connectivity index (χ1v) is 14.0. The molecule has 2 aliphatic rings. The molecule has 1 saturated heterocycles. The second-order valence-corrected chi connectivity index (χ2v) is 10.7. The first-order valence-electron chi connectivity index (χ1n) is 12.0. The van der Waals surface area contributed by atoms with E-state index in [-0.39, 0.29) is 40.4 Å². The number of carboxylic acid groups (broad SMARTS) is 1. The Hall–Kier alpha value is -3.98. The molecule has 0 bridgehead atoms. The number of pyridine rings is 1. The fourth-order valence-corrected chi connectivity index (χ4v) is 6.03. The van der Waals surface area contributed by atoms with E-state index in [9.17, 15) is 24.3 Å². The van der Waals surface area contributed by atoms with Crippen LogP contribution in [-0.2, 0) is 25.8 Å². The predicted molar refractivity (Wildman–Crippen MR) is 141 cm³/mol. The number of nitrogens with two attached hydrogens (primary N) is 1. The number of carboxylic acids is 1. The molecule has 4 N–H and O–H groups in total. The van der Waals surface area contributed by atoms with Gasteiger partial charge in [-0.3, -0.25) is 19.3 Å². The number of hydrogen-bond acceptors (Lipinski definition) is 11. The van der Waals surface area contributed by atoms with Crippen molar-refractivity contribution < 1.29 is 33.7 Å². The van der Waals surface area contributed by atoms with E-state index >= 15 is 0 Å². The summed E-state index contributed by atoms with van der Waals surface area (Å²) in [4.78, 5) is 60.4. The number of nitrogen functional groups attached to an aromatic ring is 1. The molecule has 2 aromatic rings. The highest BCUT2D eigenvalue weighted by Gasteiger charge is 2.53. The Kier molecular flexibility index (Phi) is 8.81. The Morgan fingerprint density at radius 2 is 2.18 bits per heavy atom. The minimum absolute atomic E-state index is 0.135. The third kappa shape index (κ3) is 6.04. The van der Waals surface area contributed by atoms with Crippen LogP contribution in [0.1, 0.15) is 35.8 Å². The maximum atomic E-state index is 13.0. The smallest absolute Gasteiger partial charge is 0.276 e. The van der Waals surface area contributed by atoms with Crippen molar-refractivity contribution >= 4 is 57.6 Å². The summed E-state index contributed by atoms with van der Waals surface area (Å²) in [5, 5.41) is 22.4. The fraction of sp³-hybridized carbons (Fsp3) is 0.375. The van der Waals surface area contributed by atoms with Gasteiger partial charge in [-0.25, -0.2) is 9.55 Å². The number of oxime groups is 1. The third-order valence-electron chi connectivity index (χ3n) is 6.00. The number of nitrogens with one attached hydrogen (secondary N) is 2. The highest BCUT2D eigenvalue weighted by molar-refractivity contribution is 8.00. The Bertz CT molecular complexity index is 1360. The second-order valence-electron chi connectivity index (χ2n) is 8.67. The number of aromatic nitrogens is 2. The Labute approximate surface area is 232 Å². The van der Waals surface area contributed by atoms with Crippen molar-refractivity contribution in [2.24, 2.45) is 5.16 Å². The van der Waals surface area contributed by atoms with Crippen LogP contribution in [0.2, 0.25) is 0 Å². The molecule has 0 spiro atoms. The van der Waals surface area contributed by atoms with E-state index in [1.165, 1.54) is 24.3 Å². The lowest BCUT2D eigenvalue weighted by Crippen LogP contribution is -2.71. The van der Waals surface area contributed by atoms with Crippen LogP contribution in [0.25, 0.3) is 0 Å². The number of rotatable bonds is 11. The predicted octanol–water partition coefficient (Wildman–Crippen LogP) is -1.00. The first kappa shape index (κ1) is 28.0. The summed E-state index contributed by atoms with van der Waals surface area (Å²) in [5.74, 6) is -2.76. The number of amides is 3. The molecule has 2 aromatic heterocycles. The molecule has 0 aliphatic carbocycles. The third-order valence-corrected chi connectivity index (χ3v) is 8.01. The number of aliphatic carboxylic acids is 1. The molecule has 206 valence electrons. The van der Waals surface area contributed by atoms with Crippen molar-refractivity contribution in [3.05, 3.63) is 52.4 Å². The van der Waals surface area contributed by atoms with Gasteiger partial charge >= 0.3 is 0 Å². The molecule has 39 heavy (non-hydrogen) atoms. The SMILES string of the molecule is CCCCNC(=O)c1ccc[n+](CC2=C(C(=O)[O-])N3C(=O)[C@@H](NC(=O)/C(=N\OC)c4csc(N)n4)[C@H]3SC2)c1. The Morgan fingerprint density at radius 1 is 1.38 bits per heavy atom. The molecule has 4 heterocycles. The molecule has 0 aromatic carbocycles. The number of carbonyl (C=O) groups excluding carboxylic acids is 4. The quantitative estimate of drug-likeness (QED) is 0.0997. The van der Waals surface area contributed by atoms with Crippen LogP contribution in [0.3, 0.4) is 0 Å². The van der Waals surface area contributed by atoms with Crippen LogP contribution in [0.4, 0.5) is 5.13 Å². The van der Waals surface area contributed by atoms with Gasteiger partial charge in [-0.15, -0.1) is 23.1 Å². The summed E-state index contributed by atoms with van der Waals surface area (Å²) in [6, 6.07) is 2.38. The van der Waals surface area contributed by atoms with Crippen LogP contribution >= 0.6 is 23.1 Å². The number of fused-ring (bicyclic) bond motifs is 1. The monoisotopic (exact) mass is 573 g/mol. The molecule has 0 saturated carbocycles. The van der Waals surface area contributed by atoms with Crippen molar-refractivity contribution in [1.29, 1.82) is 0 Å². The van der Waals surface area contributed by atoms with Crippen LogP contribution in [0.15, 0.2) is 46.3 Å².